The summed E-state index contributed by atoms with van der Waals surface area (Å²) in [5, 5.41) is 2.17. The molecule has 0 aliphatic carbocycles. The van der Waals surface area contributed by atoms with Crippen molar-refractivity contribution >= 4 is 11.3 Å². The van der Waals surface area contributed by atoms with E-state index in [4.69, 9.17) is 4.74 Å². The molecule has 2 aromatic heterocycles. The molecule has 0 spiro atoms. The van der Waals surface area contributed by atoms with Gasteiger partial charge in [-0.3, -0.25) is 4.90 Å². The topological polar surface area (TPSA) is 30.3 Å². The molecule has 3 heterocycles. The summed E-state index contributed by atoms with van der Waals surface area (Å²) in [6.07, 6.45) is 3.89. The molecule has 0 N–H and O–H groups in total. The summed E-state index contributed by atoms with van der Waals surface area (Å²) in [7, 11) is 1.76. The van der Waals surface area contributed by atoms with Crippen molar-refractivity contribution in [2.24, 2.45) is 0 Å². The maximum atomic E-state index is 5.34. The summed E-state index contributed by atoms with van der Waals surface area (Å²) >= 11 is 1.85. The van der Waals surface area contributed by atoms with Crippen LogP contribution in [0.5, 0.6) is 0 Å². The second kappa shape index (κ2) is 5.45. The summed E-state index contributed by atoms with van der Waals surface area (Å²) in [5.41, 5.74) is 2.68. The third kappa shape index (κ3) is 2.59. The van der Waals surface area contributed by atoms with Gasteiger partial charge in [0, 0.05) is 37.8 Å². The monoisotopic (exact) mass is 277 g/mol. The molecule has 0 fully saturated rings. The number of ether oxygens (including phenoxy) is 1. The number of aryl methyl sites for hydroxylation is 1. The van der Waals surface area contributed by atoms with Gasteiger partial charge < -0.3 is 9.30 Å². The molecule has 1 aliphatic rings. The first-order valence-electron chi connectivity index (χ1n) is 6.53. The lowest BCUT2D eigenvalue weighted by atomic mass is 10.2. The fourth-order valence-corrected chi connectivity index (χ4v) is 3.63. The molecular formula is C14H19N3OS. The second-order valence-corrected chi connectivity index (χ2v) is 6.10. The Morgan fingerprint density at radius 1 is 1.53 bits per heavy atom. The fraction of sp³-hybridized carbons (Fsp3) is 0.500. The number of rotatable bonds is 4. The normalized spacial score (nSPS) is 19.6. The Kier molecular flexibility index (Phi) is 3.68. The molecule has 2 aromatic rings. The van der Waals surface area contributed by atoms with Gasteiger partial charge in [0.1, 0.15) is 0 Å². The largest absolute Gasteiger partial charge is 0.382 e. The van der Waals surface area contributed by atoms with E-state index in [2.05, 4.69) is 32.8 Å². The molecule has 0 saturated heterocycles. The summed E-state index contributed by atoms with van der Waals surface area (Å²) < 4.78 is 7.59. The van der Waals surface area contributed by atoms with E-state index in [0.29, 0.717) is 6.04 Å². The van der Waals surface area contributed by atoms with Crippen molar-refractivity contribution < 1.29 is 4.74 Å². The van der Waals surface area contributed by atoms with Crippen molar-refractivity contribution in [2.45, 2.75) is 26.1 Å². The van der Waals surface area contributed by atoms with Crippen molar-refractivity contribution in [1.29, 1.82) is 0 Å². The zero-order chi connectivity index (χ0) is 13.2. The van der Waals surface area contributed by atoms with Gasteiger partial charge in [0.25, 0.3) is 0 Å². The van der Waals surface area contributed by atoms with Crippen LogP contribution in [0.1, 0.15) is 22.2 Å². The SMILES string of the molecule is COC[C@H]1CN(Cc2sccc2C)Cc2cncn21. The van der Waals surface area contributed by atoms with E-state index in [-0.39, 0.29) is 0 Å². The van der Waals surface area contributed by atoms with Gasteiger partial charge in [-0.25, -0.2) is 4.98 Å². The van der Waals surface area contributed by atoms with Gasteiger partial charge in [-0.15, -0.1) is 11.3 Å². The molecular weight excluding hydrogens is 258 g/mol. The van der Waals surface area contributed by atoms with E-state index in [1.165, 1.54) is 16.1 Å². The van der Waals surface area contributed by atoms with Crippen LogP contribution >= 0.6 is 11.3 Å². The molecule has 19 heavy (non-hydrogen) atoms. The lowest BCUT2D eigenvalue weighted by Crippen LogP contribution is -2.38. The fourth-order valence-electron chi connectivity index (χ4n) is 2.68. The molecule has 0 aromatic carbocycles. The molecule has 102 valence electrons. The van der Waals surface area contributed by atoms with Crippen molar-refractivity contribution in [3.63, 3.8) is 0 Å². The van der Waals surface area contributed by atoms with Crippen molar-refractivity contribution in [3.05, 3.63) is 40.1 Å². The first-order chi connectivity index (χ1) is 9.28. The second-order valence-electron chi connectivity index (χ2n) is 5.10. The van der Waals surface area contributed by atoms with Crippen LogP contribution in [0.15, 0.2) is 24.0 Å². The number of hydrogen-bond donors (Lipinski definition) is 0. The highest BCUT2D eigenvalue weighted by Gasteiger charge is 2.25. The highest BCUT2D eigenvalue weighted by atomic mass is 32.1. The molecule has 3 rings (SSSR count). The maximum absolute atomic E-state index is 5.34. The first kappa shape index (κ1) is 12.8. The Labute approximate surface area is 117 Å². The Morgan fingerprint density at radius 3 is 3.16 bits per heavy atom. The predicted octanol–water partition coefficient (Wildman–Crippen LogP) is 2.46. The number of hydrogen-bond acceptors (Lipinski definition) is 4. The van der Waals surface area contributed by atoms with E-state index in [1.54, 1.807) is 7.11 Å². The Hall–Kier alpha value is -1.17. The van der Waals surface area contributed by atoms with Gasteiger partial charge in [0.15, 0.2) is 0 Å². The molecule has 0 radical (unpaired) electrons. The summed E-state index contributed by atoms with van der Waals surface area (Å²) in [6, 6.07) is 2.57. The molecule has 5 heteroatoms. The smallest absolute Gasteiger partial charge is 0.0952 e. The zero-order valence-electron chi connectivity index (χ0n) is 11.4. The molecule has 0 amide bonds. The predicted molar refractivity (Wildman–Crippen MR) is 76.3 cm³/mol. The van der Waals surface area contributed by atoms with Gasteiger partial charge in [0.2, 0.25) is 0 Å². The van der Waals surface area contributed by atoms with Crippen LogP contribution in [0, 0.1) is 6.92 Å². The Balaban J connectivity index is 1.77. The van der Waals surface area contributed by atoms with Crippen LogP contribution in [0.25, 0.3) is 0 Å². The number of aromatic nitrogens is 2. The lowest BCUT2D eigenvalue weighted by Gasteiger charge is -2.34. The van der Waals surface area contributed by atoms with Crippen molar-refractivity contribution in [2.75, 3.05) is 20.3 Å². The van der Waals surface area contributed by atoms with E-state index in [0.717, 1.165) is 26.2 Å². The van der Waals surface area contributed by atoms with Crippen LogP contribution in [-0.2, 0) is 17.8 Å². The Bertz CT molecular complexity index is 548. The van der Waals surface area contributed by atoms with E-state index in [9.17, 15) is 0 Å². The summed E-state index contributed by atoms with van der Waals surface area (Å²) in [5.74, 6) is 0. The van der Waals surface area contributed by atoms with Gasteiger partial charge >= 0.3 is 0 Å². The van der Waals surface area contributed by atoms with Crippen LogP contribution in [-0.4, -0.2) is 34.7 Å². The third-order valence-electron chi connectivity index (χ3n) is 3.69. The summed E-state index contributed by atoms with van der Waals surface area (Å²) in [6.45, 7) is 5.94. The molecule has 0 saturated carbocycles. The Morgan fingerprint density at radius 2 is 2.42 bits per heavy atom. The van der Waals surface area contributed by atoms with Crippen LogP contribution < -0.4 is 0 Å². The van der Waals surface area contributed by atoms with Gasteiger partial charge in [-0.05, 0) is 23.9 Å². The van der Waals surface area contributed by atoms with Crippen molar-refractivity contribution in [1.82, 2.24) is 14.5 Å². The zero-order valence-corrected chi connectivity index (χ0v) is 12.2. The molecule has 4 nitrogen and oxygen atoms in total. The van der Waals surface area contributed by atoms with Gasteiger partial charge in [-0.1, -0.05) is 0 Å². The van der Waals surface area contributed by atoms with Gasteiger partial charge in [-0.2, -0.15) is 0 Å². The third-order valence-corrected chi connectivity index (χ3v) is 4.70. The highest BCUT2D eigenvalue weighted by Crippen LogP contribution is 2.25. The molecule has 0 unspecified atom stereocenters. The minimum atomic E-state index is 0.372. The van der Waals surface area contributed by atoms with E-state index < -0.39 is 0 Å². The number of thiophene rings is 1. The van der Waals surface area contributed by atoms with Crippen LogP contribution in [0.4, 0.5) is 0 Å². The lowest BCUT2D eigenvalue weighted by molar-refractivity contribution is 0.0987. The molecule has 1 aliphatic heterocycles. The van der Waals surface area contributed by atoms with Crippen molar-refractivity contribution in [3.8, 4) is 0 Å². The average Bonchev–Trinajstić information content (AvgIpc) is 3.00. The standard InChI is InChI=1S/C14H19N3OS/c1-11-3-4-19-14(11)8-16-6-12-5-15-10-17(12)13(7-16)9-18-2/h3-5,10,13H,6-9H2,1-2H3/t13-/m1/s1. The molecule has 0 bridgehead atoms. The number of imidazole rings is 1. The minimum absolute atomic E-state index is 0.372. The average molecular weight is 277 g/mol. The number of methoxy groups -OCH3 is 1. The highest BCUT2D eigenvalue weighted by molar-refractivity contribution is 7.10. The quantitative estimate of drug-likeness (QED) is 0.860. The van der Waals surface area contributed by atoms with E-state index in [1.807, 2.05) is 23.9 Å². The maximum Gasteiger partial charge on any atom is 0.0952 e. The minimum Gasteiger partial charge on any atom is -0.382 e. The van der Waals surface area contributed by atoms with Crippen LogP contribution in [0.3, 0.4) is 0 Å². The summed E-state index contributed by atoms with van der Waals surface area (Å²) in [4.78, 5) is 8.22. The van der Waals surface area contributed by atoms with Gasteiger partial charge in [0.05, 0.1) is 24.7 Å². The number of fused-ring (bicyclic) bond motifs is 1. The molecule has 1 atom stereocenters. The number of nitrogens with zero attached hydrogens (tertiary/aromatic N) is 3. The van der Waals surface area contributed by atoms with Crippen LogP contribution in [0.2, 0.25) is 0 Å². The first-order valence-corrected chi connectivity index (χ1v) is 7.41. The van der Waals surface area contributed by atoms with E-state index >= 15 is 0 Å².